The summed E-state index contributed by atoms with van der Waals surface area (Å²) in [7, 11) is 0. The smallest absolute Gasteiger partial charge is 0.120 e. The molecule has 2 aromatic rings. The number of phenols is 1. The molecule has 0 spiro atoms. The van der Waals surface area contributed by atoms with Gasteiger partial charge < -0.3 is 10.4 Å². The van der Waals surface area contributed by atoms with Crippen LogP contribution in [0.5, 0.6) is 5.75 Å². The fourth-order valence-corrected chi connectivity index (χ4v) is 2.70. The third-order valence-corrected chi connectivity index (χ3v) is 3.76. The summed E-state index contributed by atoms with van der Waals surface area (Å²) in [5.74, 6) is 0.966. The van der Waals surface area contributed by atoms with E-state index in [0.717, 1.165) is 12.0 Å². The molecule has 2 nitrogen and oxygen atoms in total. The van der Waals surface area contributed by atoms with Crippen LogP contribution in [-0.2, 0) is 0 Å². The van der Waals surface area contributed by atoms with Gasteiger partial charge in [-0.15, -0.1) is 0 Å². The van der Waals surface area contributed by atoms with Gasteiger partial charge in [0.1, 0.15) is 5.75 Å². The van der Waals surface area contributed by atoms with Gasteiger partial charge in [-0.2, -0.15) is 0 Å². The van der Waals surface area contributed by atoms with E-state index in [4.69, 9.17) is 0 Å². The topological polar surface area (TPSA) is 32.3 Å². The third kappa shape index (κ3) is 4.33. The van der Waals surface area contributed by atoms with Crippen LogP contribution in [0.15, 0.2) is 54.6 Å². The number of phenolic OH excluding ortho intramolecular Hbond substituents is 1. The fraction of sp³-hybridized carbons (Fsp3) is 0.368. The average molecular weight is 283 g/mol. The van der Waals surface area contributed by atoms with Crippen LogP contribution in [0.25, 0.3) is 0 Å². The van der Waals surface area contributed by atoms with Crippen LogP contribution in [0, 0.1) is 5.92 Å². The highest BCUT2D eigenvalue weighted by atomic mass is 16.3. The third-order valence-electron chi connectivity index (χ3n) is 3.76. The second-order valence-electron chi connectivity index (χ2n) is 6.04. The van der Waals surface area contributed by atoms with Crippen LogP contribution in [0.2, 0.25) is 0 Å². The number of hydrogen-bond donors (Lipinski definition) is 2. The van der Waals surface area contributed by atoms with Crippen molar-refractivity contribution in [1.29, 1.82) is 0 Å². The quantitative estimate of drug-likeness (QED) is 0.795. The molecule has 0 fully saturated rings. The Labute approximate surface area is 127 Å². The van der Waals surface area contributed by atoms with E-state index in [2.05, 4.69) is 50.4 Å². The maximum atomic E-state index is 10.0. The van der Waals surface area contributed by atoms with E-state index in [0.29, 0.717) is 17.7 Å². The summed E-state index contributed by atoms with van der Waals surface area (Å²) < 4.78 is 0. The highest BCUT2D eigenvalue weighted by Crippen LogP contribution is 2.28. The van der Waals surface area contributed by atoms with Crippen molar-refractivity contribution >= 4 is 0 Å². The molecule has 0 aromatic heterocycles. The minimum Gasteiger partial charge on any atom is -0.508 e. The molecule has 0 radical (unpaired) electrons. The lowest BCUT2D eigenvalue weighted by atomic mass is 9.95. The van der Waals surface area contributed by atoms with Crippen molar-refractivity contribution in [2.45, 2.75) is 39.3 Å². The number of para-hydroxylation sites is 1. The van der Waals surface area contributed by atoms with E-state index in [1.807, 2.05) is 24.3 Å². The Morgan fingerprint density at radius 3 is 2.14 bits per heavy atom. The molecule has 112 valence electrons. The molecule has 0 saturated carbocycles. The fourth-order valence-electron chi connectivity index (χ4n) is 2.70. The van der Waals surface area contributed by atoms with Gasteiger partial charge in [-0.1, -0.05) is 62.4 Å². The second kappa shape index (κ2) is 7.28. The SMILES string of the molecule is CC(C)CC(NC(C)c1ccccc1O)c1ccccc1. The predicted molar refractivity (Wildman–Crippen MR) is 88.3 cm³/mol. The van der Waals surface area contributed by atoms with Gasteiger partial charge in [0.15, 0.2) is 0 Å². The van der Waals surface area contributed by atoms with Gasteiger partial charge in [0.2, 0.25) is 0 Å². The molecular weight excluding hydrogens is 258 g/mol. The summed E-state index contributed by atoms with van der Waals surface area (Å²) in [6.07, 6.45) is 1.07. The first-order valence-corrected chi connectivity index (χ1v) is 7.66. The first-order chi connectivity index (χ1) is 10.1. The maximum absolute atomic E-state index is 10.0. The largest absolute Gasteiger partial charge is 0.508 e. The molecule has 0 aliphatic heterocycles. The Kier molecular flexibility index (Phi) is 5.40. The zero-order valence-electron chi connectivity index (χ0n) is 13.1. The lowest BCUT2D eigenvalue weighted by Crippen LogP contribution is -2.26. The highest BCUT2D eigenvalue weighted by molar-refractivity contribution is 5.34. The Hall–Kier alpha value is -1.80. The number of aromatic hydroxyl groups is 1. The summed E-state index contributed by atoms with van der Waals surface area (Å²) >= 11 is 0. The standard InChI is InChI=1S/C19H25NO/c1-14(2)13-18(16-9-5-4-6-10-16)20-15(3)17-11-7-8-12-19(17)21/h4-12,14-15,18,20-21H,13H2,1-3H3. The molecule has 2 N–H and O–H groups in total. The molecule has 2 aromatic carbocycles. The van der Waals surface area contributed by atoms with Crippen molar-refractivity contribution in [3.63, 3.8) is 0 Å². The van der Waals surface area contributed by atoms with Gasteiger partial charge in [0.05, 0.1) is 0 Å². The molecule has 0 amide bonds. The van der Waals surface area contributed by atoms with E-state index < -0.39 is 0 Å². The van der Waals surface area contributed by atoms with Crippen molar-refractivity contribution in [2.75, 3.05) is 0 Å². The average Bonchev–Trinajstić information content (AvgIpc) is 2.47. The van der Waals surface area contributed by atoms with Gasteiger partial charge in [0, 0.05) is 17.6 Å². The Morgan fingerprint density at radius 1 is 0.905 bits per heavy atom. The molecular formula is C19H25NO. The Morgan fingerprint density at radius 2 is 1.52 bits per heavy atom. The van der Waals surface area contributed by atoms with Gasteiger partial charge >= 0.3 is 0 Å². The Bertz CT molecular complexity index is 551. The molecule has 2 rings (SSSR count). The summed E-state index contributed by atoms with van der Waals surface area (Å²) in [4.78, 5) is 0. The van der Waals surface area contributed by atoms with E-state index in [1.54, 1.807) is 6.07 Å². The van der Waals surface area contributed by atoms with Crippen LogP contribution in [0.3, 0.4) is 0 Å². The predicted octanol–water partition coefficient (Wildman–Crippen LogP) is 4.83. The van der Waals surface area contributed by atoms with Crippen molar-refractivity contribution in [3.05, 3.63) is 65.7 Å². The van der Waals surface area contributed by atoms with Crippen LogP contribution < -0.4 is 5.32 Å². The number of hydrogen-bond acceptors (Lipinski definition) is 2. The van der Waals surface area contributed by atoms with E-state index in [-0.39, 0.29) is 6.04 Å². The monoisotopic (exact) mass is 283 g/mol. The summed E-state index contributed by atoms with van der Waals surface area (Å²) in [6, 6.07) is 18.5. The molecule has 0 saturated heterocycles. The van der Waals surface area contributed by atoms with Crippen LogP contribution in [0.1, 0.15) is 50.4 Å². The van der Waals surface area contributed by atoms with Crippen LogP contribution in [-0.4, -0.2) is 5.11 Å². The van der Waals surface area contributed by atoms with Crippen LogP contribution in [0.4, 0.5) is 0 Å². The molecule has 0 aliphatic carbocycles. The maximum Gasteiger partial charge on any atom is 0.120 e. The van der Waals surface area contributed by atoms with Crippen molar-refractivity contribution in [3.8, 4) is 5.75 Å². The molecule has 0 bridgehead atoms. The zero-order chi connectivity index (χ0) is 15.2. The molecule has 2 heteroatoms. The minimum absolute atomic E-state index is 0.107. The number of rotatable bonds is 6. The Balaban J connectivity index is 2.17. The second-order valence-corrected chi connectivity index (χ2v) is 6.04. The molecule has 0 heterocycles. The highest BCUT2D eigenvalue weighted by Gasteiger charge is 2.18. The number of nitrogens with one attached hydrogen (secondary N) is 1. The first kappa shape index (κ1) is 15.6. The van der Waals surface area contributed by atoms with E-state index in [9.17, 15) is 5.11 Å². The minimum atomic E-state index is 0.107. The van der Waals surface area contributed by atoms with Crippen LogP contribution >= 0.6 is 0 Å². The normalized spacial score (nSPS) is 14.1. The summed E-state index contributed by atoms with van der Waals surface area (Å²) in [5, 5.41) is 13.7. The molecule has 2 atom stereocenters. The van der Waals surface area contributed by atoms with Gasteiger partial charge in [0.25, 0.3) is 0 Å². The molecule has 0 aliphatic rings. The van der Waals surface area contributed by atoms with Crippen molar-refractivity contribution in [1.82, 2.24) is 5.32 Å². The van der Waals surface area contributed by atoms with Crippen molar-refractivity contribution in [2.24, 2.45) is 5.92 Å². The summed E-state index contributed by atoms with van der Waals surface area (Å²) in [6.45, 7) is 6.58. The van der Waals surface area contributed by atoms with Gasteiger partial charge in [-0.05, 0) is 30.9 Å². The summed E-state index contributed by atoms with van der Waals surface area (Å²) in [5.41, 5.74) is 2.25. The lowest BCUT2D eigenvalue weighted by molar-refractivity contribution is 0.384. The lowest BCUT2D eigenvalue weighted by Gasteiger charge is -2.26. The van der Waals surface area contributed by atoms with Crippen molar-refractivity contribution < 1.29 is 5.11 Å². The zero-order valence-corrected chi connectivity index (χ0v) is 13.1. The van der Waals surface area contributed by atoms with E-state index >= 15 is 0 Å². The first-order valence-electron chi connectivity index (χ1n) is 7.66. The molecule has 21 heavy (non-hydrogen) atoms. The molecule has 2 unspecified atom stereocenters. The van der Waals surface area contributed by atoms with Gasteiger partial charge in [-0.25, -0.2) is 0 Å². The van der Waals surface area contributed by atoms with E-state index in [1.165, 1.54) is 5.56 Å². The number of benzene rings is 2. The van der Waals surface area contributed by atoms with Gasteiger partial charge in [-0.3, -0.25) is 0 Å².